The van der Waals surface area contributed by atoms with Gasteiger partial charge in [-0.25, -0.2) is 4.52 Å². The van der Waals surface area contributed by atoms with Gasteiger partial charge < -0.3 is 5.32 Å². The molecule has 0 fully saturated rings. The fraction of sp³-hybridized carbons (Fsp3) is 0.250. The molecule has 3 aromatic heterocycles. The second kappa shape index (κ2) is 4.23. The Morgan fingerprint density at radius 2 is 2.11 bits per heavy atom. The molecule has 0 aliphatic rings. The first-order valence-corrected chi connectivity index (χ1v) is 5.73. The molecule has 1 atom stereocenters. The highest BCUT2D eigenvalue weighted by atomic mass is 15.3. The molecule has 3 heterocycles. The van der Waals surface area contributed by atoms with Crippen LogP contribution in [0.25, 0.3) is 5.52 Å². The van der Waals surface area contributed by atoms with Gasteiger partial charge in [0.25, 0.3) is 0 Å². The van der Waals surface area contributed by atoms with Crippen LogP contribution in [0.1, 0.15) is 17.3 Å². The van der Waals surface area contributed by atoms with Gasteiger partial charge in [0, 0.05) is 31.2 Å². The first-order valence-electron chi connectivity index (χ1n) is 5.73. The van der Waals surface area contributed by atoms with Crippen molar-refractivity contribution in [1.29, 1.82) is 0 Å². The minimum Gasteiger partial charge on any atom is -0.308 e. The van der Waals surface area contributed by atoms with Crippen LogP contribution in [0.15, 0.2) is 37.1 Å². The summed E-state index contributed by atoms with van der Waals surface area (Å²) in [6, 6.07) is 2.06. The van der Waals surface area contributed by atoms with Gasteiger partial charge in [-0.3, -0.25) is 9.67 Å². The van der Waals surface area contributed by atoms with Crippen molar-refractivity contribution in [3.63, 3.8) is 0 Å². The smallest absolute Gasteiger partial charge is 0.0896 e. The van der Waals surface area contributed by atoms with Crippen molar-refractivity contribution in [3.05, 3.63) is 48.3 Å². The van der Waals surface area contributed by atoms with E-state index in [1.54, 1.807) is 12.4 Å². The molecule has 0 bridgehead atoms. The monoisotopic (exact) mass is 242 g/mol. The van der Waals surface area contributed by atoms with Crippen molar-refractivity contribution in [2.24, 2.45) is 7.05 Å². The summed E-state index contributed by atoms with van der Waals surface area (Å²) in [6.07, 6.45) is 9.05. The fourth-order valence-electron chi connectivity index (χ4n) is 2.21. The SMILES string of the molecule is CNC(c1cnn2ccncc12)c1ccnn1C. The standard InChI is InChI=1S/C12H14N6/c1-13-12(10-3-4-15-17(10)2)9-7-16-18-6-5-14-8-11(9)18/h3-8,12-13H,1-2H3. The van der Waals surface area contributed by atoms with Crippen molar-refractivity contribution in [2.75, 3.05) is 7.05 Å². The van der Waals surface area contributed by atoms with Crippen LogP contribution in [-0.4, -0.2) is 31.4 Å². The molecule has 0 aliphatic carbocycles. The molecule has 1 unspecified atom stereocenters. The molecule has 3 rings (SSSR count). The van der Waals surface area contributed by atoms with Crippen molar-refractivity contribution in [2.45, 2.75) is 6.04 Å². The van der Waals surface area contributed by atoms with E-state index < -0.39 is 0 Å². The van der Waals surface area contributed by atoms with Crippen molar-refractivity contribution < 1.29 is 0 Å². The number of hydrogen-bond acceptors (Lipinski definition) is 4. The van der Waals surface area contributed by atoms with E-state index in [9.17, 15) is 0 Å². The Balaban J connectivity index is 2.15. The lowest BCUT2D eigenvalue weighted by Crippen LogP contribution is -2.20. The third-order valence-corrected chi connectivity index (χ3v) is 3.11. The minimum atomic E-state index is 0.0548. The average Bonchev–Trinajstić information content (AvgIpc) is 2.99. The second-order valence-corrected chi connectivity index (χ2v) is 4.11. The largest absolute Gasteiger partial charge is 0.308 e. The lowest BCUT2D eigenvalue weighted by Gasteiger charge is -2.15. The number of fused-ring (bicyclic) bond motifs is 1. The Morgan fingerprint density at radius 1 is 1.22 bits per heavy atom. The Kier molecular flexibility index (Phi) is 2.56. The third kappa shape index (κ3) is 1.58. The zero-order chi connectivity index (χ0) is 12.5. The van der Waals surface area contributed by atoms with Crippen LogP contribution < -0.4 is 5.32 Å². The maximum Gasteiger partial charge on any atom is 0.0896 e. The molecule has 3 aromatic rings. The van der Waals surface area contributed by atoms with Crippen LogP contribution in [0.2, 0.25) is 0 Å². The Morgan fingerprint density at radius 3 is 2.83 bits per heavy atom. The van der Waals surface area contributed by atoms with Gasteiger partial charge in [0.2, 0.25) is 0 Å². The maximum atomic E-state index is 4.33. The van der Waals surface area contributed by atoms with Crippen LogP contribution in [0.4, 0.5) is 0 Å². The molecule has 0 saturated heterocycles. The van der Waals surface area contributed by atoms with Gasteiger partial charge in [-0.1, -0.05) is 0 Å². The second-order valence-electron chi connectivity index (χ2n) is 4.11. The van der Waals surface area contributed by atoms with Crippen molar-refractivity contribution in [1.82, 2.24) is 29.7 Å². The van der Waals surface area contributed by atoms with Gasteiger partial charge in [-0.05, 0) is 13.1 Å². The summed E-state index contributed by atoms with van der Waals surface area (Å²) in [7, 11) is 3.86. The van der Waals surface area contributed by atoms with E-state index in [0.717, 1.165) is 16.8 Å². The van der Waals surface area contributed by atoms with Gasteiger partial charge in [-0.15, -0.1) is 0 Å². The van der Waals surface area contributed by atoms with Crippen LogP contribution in [0.3, 0.4) is 0 Å². The predicted octanol–water partition coefficient (Wildman–Crippen LogP) is 0.772. The molecule has 0 spiro atoms. The van der Waals surface area contributed by atoms with Crippen LogP contribution >= 0.6 is 0 Å². The summed E-state index contributed by atoms with van der Waals surface area (Å²) in [5.41, 5.74) is 3.18. The van der Waals surface area contributed by atoms with Crippen molar-refractivity contribution >= 4 is 5.52 Å². The molecule has 92 valence electrons. The van der Waals surface area contributed by atoms with E-state index in [4.69, 9.17) is 0 Å². The molecule has 18 heavy (non-hydrogen) atoms. The lowest BCUT2D eigenvalue weighted by molar-refractivity contribution is 0.609. The summed E-state index contributed by atoms with van der Waals surface area (Å²) >= 11 is 0. The normalized spacial score (nSPS) is 13.0. The highest BCUT2D eigenvalue weighted by molar-refractivity contribution is 5.55. The van der Waals surface area contributed by atoms with Gasteiger partial charge in [0.1, 0.15) is 0 Å². The van der Waals surface area contributed by atoms with Crippen molar-refractivity contribution in [3.8, 4) is 0 Å². The van der Waals surface area contributed by atoms with Crippen LogP contribution in [-0.2, 0) is 7.05 Å². The number of nitrogens with one attached hydrogen (secondary N) is 1. The predicted molar refractivity (Wildman–Crippen MR) is 67.1 cm³/mol. The molecule has 1 N–H and O–H groups in total. The summed E-state index contributed by atoms with van der Waals surface area (Å²) in [6.45, 7) is 0. The molecular weight excluding hydrogens is 228 g/mol. The highest BCUT2D eigenvalue weighted by Crippen LogP contribution is 2.24. The molecule has 0 amide bonds. The van der Waals surface area contributed by atoms with Gasteiger partial charge in [0.05, 0.1) is 29.6 Å². The Bertz CT molecular complexity index is 668. The number of nitrogens with zero attached hydrogens (tertiary/aromatic N) is 5. The third-order valence-electron chi connectivity index (χ3n) is 3.11. The van der Waals surface area contributed by atoms with Crippen LogP contribution in [0.5, 0.6) is 0 Å². The molecule has 0 radical (unpaired) electrons. The number of hydrogen-bond donors (Lipinski definition) is 1. The van der Waals surface area contributed by atoms with Crippen LogP contribution in [0, 0.1) is 0 Å². The number of aryl methyl sites for hydroxylation is 1. The first kappa shape index (κ1) is 10.9. The molecule has 0 aromatic carbocycles. The topological polar surface area (TPSA) is 60.0 Å². The maximum absolute atomic E-state index is 4.33. The van der Waals surface area contributed by atoms with E-state index in [2.05, 4.69) is 20.5 Å². The molecule has 6 heteroatoms. The zero-order valence-corrected chi connectivity index (χ0v) is 10.3. The Labute approximate surface area is 104 Å². The average molecular weight is 242 g/mol. The summed E-state index contributed by atoms with van der Waals surface area (Å²) < 4.78 is 3.68. The molecule has 0 aliphatic heterocycles. The highest BCUT2D eigenvalue weighted by Gasteiger charge is 2.19. The van der Waals surface area contributed by atoms with E-state index in [1.807, 2.05) is 47.9 Å². The zero-order valence-electron chi connectivity index (χ0n) is 10.3. The summed E-state index contributed by atoms with van der Waals surface area (Å²) in [5.74, 6) is 0. The minimum absolute atomic E-state index is 0.0548. The van der Waals surface area contributed by atoms with E-state index >= 15 is 0 Å². The number of aromatic nitrogens is 5. The van der Waals surface area contributed by atoms with E-state index in [-0.39, 0.29) is 6.04 Å². The quantitative estimate of drug-likeness (QED) is 0.737. The summed E-state index contributed by atoms with van der Waals surface area (Å²) in [4.78, 5) is 4.16. The summed E-state index contributed by atoms with van der Waals surface area (Å²) in [5, 5.41) is 11.8. The first-order chi connectivity index (χ1) is 8.81. The van der Waals surface area contributed by atoms with E-state index in [1.165, 1.54) is 0 Å². The van der Waals surface area contributed by atoms with Gasteiger partial charge in [0.15, 0.2) is 0 Å². The Hall–Kier alpha value is -2.21. The van der Waals surface area contributed by atoms with E-state index in [0.29, 0.717) is 0 Å². The van der Waals surface area contributed by atoms with Gasteiger partial charge >= 0.3 is 0 Å². The molecular formula is C12H14N6. The number of rotatable bonds is 3. The lowest BCUT2D eigenvalue weighted by atomic mass is 10.1. The molecule has 6 nitrogen and oxygen atoms in total. The fourth-order valence-corrected chi connectivity index (χ4v) is 2.21. The molecule has 0 saturated carbocycles. The van der Waals surface area contributed by atoms with Gasteiger partial charge in [-0.2, -0.15) is 10.2 Å².